The van der Waals surface area contributed by atoms with E-state index in [1.165, 1.54) is 186 Å². The number of hydrogen-bond acceptors (Lipinski definition) is 0. The Balaban J connectivity index is 3.10. The molecule has 0 N–H and O–H groups in total. The molecule has 1 unspecified atom stereocenters. The monoisotopic (exact) mass is 465 g/mol. The van der Waals surface area contributed by atoms with E-state index in [2.05, 4.69) is 20.8 Å². The second-order valence-corrected chi connectivity index (χ2v) is 11.5. The van der Waals surface area contributed by atoms with Gasteiger partial charge in [0.05, 0.1) is 0 Å². The lowest BCUT2D eigenvalue weighted by Gasteiger charge is -2.11. The van der Waals surface area contributed by atoms with Crippen LogP contribution in [0.25, 0.3) is 0 Å². The van der Waals surface area contributed by atoms with Crippen molar-refractivity contribution in [1.82, 2.24) is 0 Å². The van der Waals surface area contributed by atoms with E-state index in [-0.39, 0.29) is 0 Å². The van der Waals surface area contributed by atoms with Crippen LogP contribution in [0.3, 0.4) is 0 Å². The summed E-state index contributed by atoms with van der Waals surface area (Å²) in [5.41, 5.74) is 0. The molecule has 0 amide bonds. The smallest absolute Gasteiger partial charge is 0.0443 e. The first-order chi connectivity index (χ1) is 16.3. The van der Waals surface area contributed by atoms with Gasteiger partial charge in [0.15, 0.2) is 0 Å². The Morgan fingerprint density at radius 3 is 0.667 bits per heavy atom. The minimum atomic E-state index is 0.968. The summed E-state index contributed by atoms with van der Waals surface area (Å²) in [5, 5.41) is 0. The highest BCUT2D eigenvalue weighted by Crippen LogP contribution is 2.19. The third-order valence-corrected chi connectivity index (χ3v) is 7.85. The van der Waals surface area contributed by atoms with Gasteiger partial charge in [-0.15, -0.1) is 0 Å². The maximum atomic E-state index is 2.50. The molecule has 0 aliphatic rings. The van der Waals surface area contributed by atoms with Crippen LogP contribution in [0.5, 0.6) is 0 Å². The summed E-state index contributed by atoms with van der Waals surface area (Å²) in [6, 6.07) is 0. The van der Waals surface area contributed by atoms with Crippen LogP contribution in [0.2, 0.25) is 0 Å². The maximum absolute atomic E-state index is 2.50. The van der Waals surface area contributed by atoms with Crippen LogP contribution in [0.15, 0.2) is 0 Å². The summed E-state index contributed by atoms with van der Waals surface area (Å²) < 4.78 is 0. The molecule has 33 heavy (non-hydrogen) atoms. The largest absolute Gasteiger partial charge is 0.0654 e. The summed E-state index contributed by atoms with van der Waals surface area (Å²) in [7, 11) is 0. The molecule has 0 saturated carbocycles. The van der Waals surface area contributed by atoms with Crippen molar-refractivity contribution in [3.05, 3.63) is 0 Å². The highest BCUT2D eigenvalue weighted by atomic mass is 14.1. The minimum absolute atomic E-state index is 0.968. The lowest BCUT2D eigenvalue weighted by molar-refractivity contribution is 0.430. The van der Waals surface area contributed by atoms with E-state index in [9.17, 15) is 0 Å². The van der Waals surface area contributed by atoms with Crippen LogP contribution in [-0.4, -0.2) is 0 Å². The van der Waals surface area contributed by atoms with Crippen molar-refractivity contribution in [2.45, 2.75) is 207 Å². The molecule has 200 valence electrons. The van der Waals surface area contributed by atoms with Gasteiger partial charge in [-0.05, 0) is 5.92 Å². The van der Waals surface area contributed by atoms with E-state index in [0.717, 1.165) is 5.92 Å². The number of unbranched alkanes of at least 4 members (excludes halogenated alkanes) is 25. The average Bonchev–Trinajstić information content (AvgIpc) is 2.82. The van der Waals surface area contributed by atoms with Crippen LogP contribution >= 0.6 is 0 Å². The Bertz CT molecular complexity index is 320. The zero-order valence-corrected chi connectivity index (χ0v) is 24.1. The highest BCUT2D eigenvalue weighted by molar-refractivity contribution is 4.56. The Kier molecular flexibility index (Phi) is 30.0. The number of hydrogen-bond donors (Lipinski definition) is 0. The van der Waals surface area contributed by atoms with Crippen molar-refractivity contribution in [3.63, 3.8) is 0 Å². The van der Waals surface area contributed by atoms with Gasteiger partial charge in [0, 0.05) is 0 Å². The van der Waals surface area contributed by atoms with Gasteiger partial charge in [0.1, 0.15) is 0 Å². The Morgan fingerprint density at radius 1 is 0.273 bits per heavy atom. The van der Waals surface area contributed by atoms with E-state index >= 15 is 0 Å². The molecule has 0 aromatic heterocycles. The lowest BCUT2D eigenvalue weighted by Crippen LogP contribution is -1.95. The Morgan fingerprint density at radius 2 is 0.455 bits per heavy atom. The summed E-state index contributed by atoms with van der Waals surface area (Å²) in [5.74, 6) is 0.968. The van der Waals surface area contributed by atoms with Crippen molar-refractivity contribution >= 4 is 0 Å². The van der Waals surface area contributed by atoms with Gasteiger partial charge in [0.2, 0.25) is 0 Å². The number of rotatable bonds is 29. The first-order valence-corrected chi connectivity index (χ1v) is 16.3. The molecule has 1 atom stereocenters. The Hall–Kier alpha value is 0. The molecule has 0 heteroatoms. The van der Waals surface area contributed by atoms with Crippen molar-refractivity contribution in [3.8, 4) is 0 Å². The predicted octanol–water partition coefficient (Wildman–Crippen LogP) is 13.0. The van der Waals surface area contributed by atoms with Gasteiger partial charge in [-0.3, -0.25) is 0 Å². The third kappa shape index (κ3) is 30.0. The van der Waals surface area contributed by atoms with E-state index < -0.39 is 0 Å². The average molecular weight is 465 g/mol. The summed E-state index contributed by atoms with van der Waals surface area (Å²) in [6.45, 7) is 7.11. The second kappa shape index (κ2) is 30.0. The van der Waals surface area contributed by atoms with Crippen LogP contribution in [0, 0.1) is 5.92 Å². The van der Waals surface area contributed by atoms with Gasteiger partial charge >= 0.3 is 0 Å². The topological polar surface area (TPSA) is 0 Å². The highest BCUT2D eigenvalue weighted by Gasteiger charge is 2.02. The molecule has 0 rings (SSSR count). The maximum Gasteiger partial charge on any atom is -0.0443 e. The molecule has 0 fully saturated rings. The van der Waals surface area contributed by atoms with Crippen molar-refractivity contribution < 1.29 is 0 Å². The fourth-order valence-corrected chi connectivity index (χ4v) is 5.34. The molecule has 0 aliphatic carbocycles. The fraction of sp³-hybridized carbons (Fsp3) is 1.00. The van der Waals surface area contributed by atoms with Crippen molar-refractivity contribution in [1.29, 1.82) is 0 Å². The van der Waals surface area contributed by atoms with E-state index in [1.807, 2.05) is 0 Å². The second-order valence-electron chi connectivity index (χ2n) is 11.5. The SMILES string of the molecule is CCCCCCCCCCCCCCCCCCCCCC(C)CCCCCCCCCC. The van der Waals surface area contributed by atoms with E-state index in [1.54, 1.807) is 0 Å². The summed E-state index contributed by atoms with van der Waals surface area (Å²) in [4.78, 5) is 0. The molecule has 0 aromatic rings. The van der Waals surface area contributed by atoms with Crippen LogP contribution < -0.4 is 0 Å². The minimum Gasteiger partial charge on any atom is -0.0654 e. The molecule has 0 saturated heterocycles. The first kappa shape index (κ1) is 33.0. The molecule has 0 bridgehead atoms. The molecular weight excluding hydrogens is 396 g/mol. The van der Waals surface area contributed by atoms with Crippen LogP contribution in [0.1, 0.15) is 207 Å². The quantitative estimate of drug-likeness (QED) is 0.0965. The van der Waals surface area contributed by atoms with E-state index in [4.69, 9.17) is 0 Å². The fourth-order valence-electron chi connectivity index (χ4n) is 5.34. The molecule has 0 radical (unpaired) electrons. The third-order valence-electron chi connectivity index (χ3n) is 7.85. The molecule has 0 aromatic carbocycles. The van der Waals surface area contributed by atoms with E-state index in [0.29, 0.717) is 0 Å². The lowest BCUT2D eigenvalue weighted by atomic mass is 9.95. The molecule has 0 spiro atoms. The van der Waals surface area contributed by atoms with Crippen molar-refractivity contribution in [2.75, 3.05) is 0 Å². The normalized spacial score (nSPS) is 12.5. The standard InChI is InChI=1S/C33H68/c1-4-6-8-10-12-14-15-16-17-18-19-20-21-22-23-24-26-28-30-32-33(3)31-29-27-25-13-11-9-7-5-2/h33H,4-32H2,1-3H3. The van der Waals surface area contributed by atoms with Gasteiger partial charge in [-0.1, -0.05) is 207 Å². The molecule has 0 nitrogen and oxygen atoms in total. The first-order valence-electron chi connectivity index (χ1n) is 16.3. The van der Waals surface area contributed by atoms with Crippen molar-refractivity contribution in [2.24, 2.45) is 5.92 Å². The zero-order chi connectivity index (χ0) is 24.1. The molecule has 0 heterocycles. The molecular formula is C33H68. The zero-order valence-electron chi connectivity index (χ0n) is 24.1. The van der Waals surface area contributed by atoms with Gasteiger partial charge in [-0.25, -0.2) is 0 Å². The van der Waals surface area contributed by atoms with Gasteiger partial charge in [-0.2, -0.15) is 0 Å². The Labute approximate surface area is 212 Å². The summed E-state index contributed by atoms with van der Waals surface area (Å²) >= 11 is 0. The van der Waals surface area contributed by atoms with Crippen LogP contribution in [0.4, 0.5) is 0 Å². The molecule has 0 aliphatic heterocycles. The van der Waals surface area contributed by atoms with Gasteiger partial charge < -0.3 is 0 Å². The summed E-state index contributed by atoms with van der Waals surface area (Å²) in [6.07, 6.45) is 42.8. The van der Waals surface area contributed by atoms with Crippen LogP contribution in [-0.2, 0) is 0 Å². The predicted molar refractivity (Wildman–Crippen MR) is 154 cm³/mol. The van der Waals surface area contributed by atoms with Gasteiger partial charge in [0.25, 0.3) is 0 Å².